The van der Waals surface area contributed by atoms with E-state index in [1.807, 2.05) is 0 Å². The SMILES string of the molecule is Cc1ccc(CNS(=O)(=O)c2ccc3c(O)cccc3c2)o1. The van der Waals surface area contributed by atoms with Gasteiger partial charge in [0.25, 0.3) is 0 Å². The van der Waals surface area contributed by atoms with E-state index in [4.69, 9.17) is 4.42 Å². The first-order valence-electron chi connectivity index (χ1n) is 6.72. The average molecular weight is 317 g/mol. The highest BCUT2D eigenvalue weighted by molar-refractivity contribution is 7.89. The van der Waals surface area contributed by atoms with Gasteiger partial charge in [0.2, 0.25) is 10.0 Å². The smallest absolute Gasteiger partial charge is 0.240 e. The van der Waals surface area contributed by atoms with Crippen molar-refractivity contribution in [1.29, 1.82) is 0 Å². The summed E-state index contributed by atoms with van der Waals surface area (Å²) in [5.41, 5.74) is 0. The maximum atomic E-state index is 12.3. The Morgan fingerprint density at radius 2 is 1.95 bits per heavy atom. The molecular weight excluding hydrogens is 302 g/mol. The Hall–Kier alpha value is -2.31. The summed E-state index contributed by atoms with van der Waals surface area (Å²) < 4.78 is 32.5. The first kappa shape index (κ1) is 14.6. The molecule has 22 heavy (non-hydrogen) atoms. The number of nitrogens with one attached hydrogen (secondary N) is 1. The van der Waals surface area contributed by atoms with E-state index in [9.17, 15) is 13.5 Å². The molecule has 114 valence electrons. The van der Waals surface area contributed by atoms with Crippen LogP contribution in [0.1, 0.15) is 11.5 Å². The Bertz CT molecular complexity index is 928. The zero-order valence-corrected chi connectivity index (χ0v) is 12.7. The van der Waals surface area contributed by atoms with Crippen molar-refractivity contribution in [2.45, 2.75) is 18.4 Å². The molecule has 0 aliphatic carbocycles. The van der Waals surface area contributed by atoms with Crippen molar-refractivity contribution in [3.8, 4) is 5.75 Å². The minimum atomic E-state index is -3.65. The normalized spacial score (nSPS) is 11.9. The van der Waals surface area contributed by atoms with Gasteiger partial charge in [-0.2, -0.15) is 0 Å². The standard InChI is InChI=1S/C16H15NO4S/c1-11-5-6-13(21-11)10-17-22(19,20)14-7-8-15-12(9-14)3-2-4-16(15)18/h2-9,17-18H,10H2,1H3. The Labute approximate surface area is 128 Å². The van der Waals surface area contributed by atoms with Gasteiger partial charge in [0.15, 0.2) is 0 Å². The van der Waals surface area contributed by atoms with Crippen LogP contribution in [0.25, 0.3) is 10.8 Å². The zero-order valence-electron chi connectivity index (χ0n) is 11.9. The van der Waals surface area contributed by atoms with Crippen molar-refractivity contribution >= 4 is 20.8 Å². The van der Waals surface area contributed by atoms with E-state index in [-0.39, 0.29) is 17.2 Å². The summed E-state index contributed by atoms with van der Waals surface area (Å²) in [7, 11) is -3.65. The van der Waals surface area contributed by atoms with E-state index in [0.717, 1.165) is 5.76 Å². The first-order chi connectivity index (χ1) is 10.5. The van der Waals surface area contributed by atoms with Gasteiger partial charge in [-0.15, -0.1) is 0 Å². The van der Waals surface area contributed by atoms with Crippen LogP contribution < -0.4 is 4.72 Å². The monoisotopic (exact) mass is 317 g/mol. The van der Waals surface area contributed by atoms with E-state index >= 15 is 0 Å². The van der Waals surface area contributed by atoms with E-state index in [1.165, 1.54) is 12.1 Å². The summed E-state index contributed by atoms with van der Waals surface area (Å²) in [6.07, 6.45) is 0. The molecule has 0 amide bonds. The summed E-state index contributed by atoms with van der Waals surface area (Å²) in [4.78, 5) is 0.147. The van der Waals surface area contributed by atoms with Gasteiger partial charge >= 0.3 is 0 Å². The van der Waals surface area contributed by atoms with E-state index in [0.29, 0.717) is 16.5 Å². The minimum absolute atomic E-state index is 0.0915. The molecule has 2 N–H and O–H groups in total. The molecule has 0 atom stereocenters. The van der Waals surface area contributed by atoms with Crippen molar-refractivity contribution in [2.75, 3.05) is 0 Å². The van der Waals surface area contributed by atoms with Crippen molar-refractivity contribution in [1.82, 2.24) is 4.72 Å². The predicted octanol–water partition coefficient (Wildman–Crippen LogP) is 2.93. The highest BCUT2D eigenvalue weighted by atomic mass is 32.2. The van der Waals surface area contributed by atoms with Gasteiger partial charge < -0.3 is 9.52 Å². The molecule has 3 rings (SSSR count). The molecule has 1 aromatic heterocycles. The van der Waals surface area contributed by atoms with Crippen molar-refractivity contribution in [2.24, 2.45) is 0 Å². The fourth-order valence-electron chi connectivity index (χ4n) is 2.24. The average Bonchev–Trinajstić information content (AvgIpc) is 2.91. The van der Waals surface area contributed by atoms with Gasteiger partial charge in [-0.05, 0) is 48.7 Å². The van der Waals surface area contributed by atoms with E-state index < -0.39 is 10.0 Å². The molecule has 0 aliphatic heterocycles. The molecular formula is C16H15NO4S. The summed E-state index contributed by atoms with van der Waals surface area (Å²) in [6.45, 7) is 1.89. The summed E-state index contributed by atoms with van der Waals surface area (Å²) in [5, 5.41) is 11.0. The van der Waals surface area contributed by atoms with Gasteiger partial charge in [0.05, 0.1) is 11.4 Å². The fourth-order valence-corrected chi connectivity index (χ4v) is 3.27. The van der Waals surface area contributed by atoms with Crippen LogP contribution in [0.4, 0.5) is 0 Å². The fraction of sp³-hybridized carbons (Fsp3) is 0.125. The Morgan fingerprint density at radius 1 is 1.14 bits per heavy atom. The zero-order chi connectivity index (χ0) is 15.7. The number of sulfonamides is 1. The number of hydrogen-bond donors (Lipinski definition) is 2. The van der Waals surface area contributed by atoms with Crippen molar-refractivity contribution in [3.05, 3.63) is 60.1 Å². The molecule has 0 radical (unpaired) electrons. The number of furan rings is 1. The lowest BCUT2D eigenvalue weighted by Crippen LogP contribution is -2.22. The van der Waals surface area contributed by atoms with Crippen molar-refractivity contribution < 1.29 is 17.9 Å². The third-order valence-electron chi connectivity index (χ3n) is 3.37. The van der Waals surface area contributed by atoms with Crippen LogP contribution in [-0.2, 0) is 16.6 Å². The molecule has 2 aromatic carbocycles. The molecule has 0 unspecified atom stereocenters. The predicted molar refractivity (Wildman–Crippen MR) is 83.1 cm³/mol. The molecule has 3 aromatic rings. The van der Waals surface area contributed by atoms with Crippen molar-refractivity contribution in [3.63, 3.8) is 0 Å². The number of hydrogen-bond acceptors (Lipinski definition) is 4. The van der Waals surface area contributed by atoms with E-state index in [2.05, 4.69) is 4.72 Å². The Balaban J connectivity index is 1.88. The number of rotatable bonds is 4. The van der Waals surface area contributed by atoms with Crippen LogP contribution in [0, 0.1) is 6.92 Å². The van der Waals surface area contributed by atoms with Crippen LogP contribution >= 0.6 is 0 Å². The maximum Gasteiger partial charge on any atom is 0.240 e. The molecule has 0 saturated heterocycles. The Morgan fingerprint density at radius 3 is 2.68 bits per heavy atom. The summed E-state index contributed by atoms with van der Waals surface area (Å²) >= 11 is 0. The lowest BCUT2D eigenvalue weighted by atomic mass is 10.1. The lowest BCUT2D eigenvalue weighted by Gasteiger charge is -2.07. The van der Waals surface area contributed by atoms with Crippen LogP contribution in [0.2, 0.25) is 0 Å². The third kappa shape index (κ3) is 2.84. The first-order valence-corrected chi connectivity index (χ1v) is 8.21. The second-order valence-corrected chi connectivity index (χ2v) is 6.76. The molecule has 6 heteroatoms. The van der Waals surface area contributed by atoms with Gasteiger partial charge in [0, 0.05) is 5.39 Å². The third-order valence-corrected chi connectivity index (χ3v) is 4.77. The number of phenolic OH excluding ortho intramolecular Hbond substituents is 1. The van der Waals surface area contributed by atoms with Crippen LogP contribution in [-0.4, -0.2) is 13.5 Å². The second kappa shape index (κ2) is 5.47. The number of benzene rings is 2. The lowest BCUT2D eigenvalue weighted by molar-refractivity contribution is 0.475. The molecule has 1 heterocycles. The second-order valence-electron chi connectivity index (χ2n) is 5.00. The topological polar surface area (TPSA) is 79.5 Å². The van der Waals surface area contributed by atoms with Gasteiger partial charge in [-0.1, -0.05) is 12.1 Å². The Kier molecular flexibility index (Phi) is 3.64. The molecule has 0 spiro atoms. The van der Waals surface area contributed by atoms with Crippen LogP contribution in [0.3, 0.4) is 0 Å². The van der Waals surface area contributed by atoms with Crippen LogP contribution in [0.5, 0.6) is 5.75 Å². The van der Waals surface area contributed by atoms with Gasteiger partial charge in [-0.25, -0.2) is 13.1 Å². The van der Waals surface area contributed by atoms with Crippen LogP contribution in [0.15, 0.2) is 57.8 Å². The molecule has 0 aliphatic rings. The maximum absolute atomic E-state index is 12.3. The number of fused-ring (bicyclic) bond motifs is 1. The highest BCUT2D eigenvalue weighted by Gasteiger charge is 2.15. The largest absolute Gasteiger partial charge is 0.507 e. The van der Waals surface area contributed by atoms with Gasteiger partial charge in [-0.3, -0.25) is 0 Å². The number of phenols is 1. The molecule has 0 bridgehead atoms. The molecule has 5 nitrogen and oxygen atoms in total. The van der Waals surface area contributed by atoms with E-state index in [1.54, 1.807) is 43.3 Å². The quantitative estimate of drug-likeness (QED) is 0.775. The minimum Gasteiger partial charge on any atom is -0.507 e. The van der Waals surface area contributed by atoms with Gasteiger partial charge in [0.1, 0.15) is 17.3 Å². The highest BCUT2D eigenvalue weighted by Crippen LogP contribution is 2.26. The summed E-state index contributed by atoms with van der Waals surface area (Å²) in [5.74, 6) is 1.41. The number of aromatic hydroxyl groups is 1. The number of aryl methyl sites for hydroxylation is 1. The molecule has 0 saturated carbocycles. The molecule has 0 fully saturated rings. The summed E-state index contributed by atoms with van der Waals surface area (Å²) in [6, 6.07) is 13.1.